The molecule has 0 aromatic rings. The predicted molar refractivity (Wildman–Crippen MR) is 52.1 cm³/mol. The maximum absolute atomic E-state index is 10.6. The Morgan fingerprint density at radius 3 is 2.07 bits per heavy atom. The van der Waals surface area contributed by atoms with E-state index in [1.807, 2.05) is 6.92 Å². The fourth-order valence-corrected chi connectivity index (χ4v) is 1.30. The first kappa shape index (κ1) is 12.9. The van der Waals surface area contributed by atoms with Gasteiger partial charge in [0.15, 0.2) is 0 Å². The molecule has 2 atom stereocenters. The Hall–Kier alpha value is -1.06. The molecule has 0 bridgehead atoms. The standard InChI is InChI=1S/C10H18O4/c1-3-8(10(13)14)6-4-5-7(2)9(11)12/h7-8H,3-6H2,1-2H3,(H,11,12)(H,13,14). The summed E-state index contributed by atoms with van der Waals surface area (Å²) in [5, 5.41) is 17.3. The van der Waals surface area contributed by atoms with Crippen LogP contribution >= 0.6 is 0 Å². The summed E-state index contributed by atoms with van der Waals surface area (Å²) in [5.41, 5.74) is 0. The molecule has 0 radical (unpaired) electrons. The van der Waals surface area contributed by atoms with Crippen LogP contribution in [0, 0.1) is 11.8 Å². The molecule has 0 aliphatic heterocycles. The van der Waals surface area contributed by atoms with Crippen molar-refractivity contribution in [2.75, 3.05) is 0 Å². The number of carboxylic acid groups (broad SMARTS) is 2. The summed E-state index contributed by atoms with van der Waals surface area (Å²) >= 11 is 0. The normalized spacial score (nSPS) is 14.7. The fourth-order valence-electron chi connectivity index (χ4n) is 1.30. The van der Waals surface area contributed by atoms with Gasteiger partial charge in [0.25, 0.3) is 0 Å². The molecule has 0 aliphatic rings. The Kier molecular flexibility index (Phi) is 5.92. The molecule has 14 heavy (non-hydrogen) atoms. The van der Waals surface area contributed by atoms with E-state index in [0.717, 1.165) is 0 Å². The third kappa shape index (κ3) is 4.84. The van der Waals surface area contributed by atoms with Crippen molar-refractivity contribution in [3.05, 3.63) is 0 Å². The number of carbonyl (C=O) groups is 2. The van der Waals surface area contributed by atoms with Crippen LogP contribution < -0.4 is 0 Å². The fraction of sp³-hybridized carbons (Fsp3) is 0.800. The van der Waals surface area contributed by atoms with Crippen LogP contribution in [0.1, 0.15) is 39.5 Å². The van der Waals surface area contributed by atoms with E-state index in [1.54, 1.807) is 6.92 Å². The van der Waals surface area contributed by atoms with Gasteiger partial charge in [-0.05, 0) is 19.3 Å². The molecule has 0 saturated carbocycles. The third-order valence-corrected chi connectivity index (χ3v) is 2.45. The SMILES string of the molecule is CCC(CCCC(C)C(=O)O)C(=O)O. The van der Waals surface area contributed by atoms with Crippen molar-refractivity contribution in [3.8, 4) is 0 Å². The van der Waals surface area contributed by atoms with Gasteiger partial charge in [-0.3, -0.25) is 9.59 Å². The molecule has 0 rings (SSSR count). The van der Waals surface area contributed by atoms with Crippen molar-refractivity contribution >= 4 is 11.9 Å². The molecule has 0 spiro atoms. The van der Waals surface area contributed by atoms with Gasteiger partial charge in [-0.2, -0.15) is 0 Å². The van der Waals surface area contributed by atoms with Crippen molar-refractivity contribution in [3.63, 3.8) is 0 Å². The van der Waals surface area contributed by atoms with Gasteiger partial charge >= 0.3 is 11.9 Å². The van der Waals surface area contributed by atoms with Gasteiger partial charge in [0.1, 0.15) is 0 Å². The summed E-state index contributed by atoms with van der Waals surface area (Å²) < 4.78 is 0. The van der Waals surface area contributed by atoms with E-state index < -0.39 is 11.9 Å². The second-order valence-corrected chi connectivity index (χ2v) is 3.61. The maximum atomic E-state index is 10.6. The van der Waals surface area contributed by atoms with Crippen molar-refractivity contribution in [2.24, 2.45) is 11.8 Å². The van der Waals surface area contributed by atoms with Crippen molar-refractivity contribution in [2.45, 2.75) is 39.5 Å². The minimum atomic E-state index is -0.812. The molecule has 0 heterocycles. The van der Waals surface area contributed by atoms with Crippen LogP contribution in [-0.4, -0.2) is 22.2 Å². The van der Waals surface area contributed by atoms with Crippen LogP contribution in [0.25, 0.3) is 0 Å². The molecule has 0 aliphatic carbocycles. The van der Waals surface area contributed by atoms with E-state index in [0.29, 0.717) is 25.7 Å². The monoisotopic (exact) mass is 202 g/mol. The molecule has 82 valence electrons. The number of carboxylic acids is 2. The Labute approximate surface area is 83.9 Å². The lowest BCUT2D eigenvalue weighted by molar-refractivity contribution is -0.142. The second kappa shape index (κ2) is 6.40. The molecular weight excluding hydrogens is 184 g/mol. The molecule has 0 fully saturated rings. The largest absolute Gasteiger partial charge is 0.481 e. The summed E-state index contributed by atoms with van der Waals surface area (Å²) in [5.74, 6) is -2.29. The summed E-state index contributed by atoms with van der Waals surface area (Å²) in [4.78, 5) is 21.1. The lowest BCUT2D eigenvalue weighted by atomic mass is 9.96. The van der Waals surface area contributed by atoms with E-state index in [1.165, 1.54) is 0 Å². The summed E-state index contributed by atoms with van der Waals surface area (Å²) in [6.45, 7) is 3.48. The van der Waals surface area contributed by atoms with Gasteiger partial charge in [-0.15, -0.1) is 0 Å². The zero-order valence-electron chi connectivity index (χ0n) is 8.69. The molecule has 4 nitrogen and oxygen atoms in total. The lowest BCUT2D eigenvalue weighted by Gasteiger charge is -2.10. The summed E-state index contributed by atoms with van der Waals surface area (Å²) in [7, 11) is 0. The first-order valence-corrected chi connectivity index (χ1v) is 4.94. The van der Waals surface area contributed by atoms with Gasteiger partial charge < -0.3 is 10.2 Å². The smallest absolute Gasteiger partial charge is 0.306 e. The summed E-state index contributed by atoms with van der Waals surface area (Å²) in [6, 6.07) is 0. The highest BCUT2D eigenvalue weighted by molar-refractivity contribution is 5.70. The van der Waals surface area contributed by atoms with E-state index >= 15 is 0 Å². The molecule has 0 aromatic carbocycles. The third-order valence-electron chi connectivity index (χ3n) is 2.45. The number of hydrogen-bond acceptors (Lipinski definition) is 2. The number of hydrogen-bond donors (Lipinski definition) is 2. The Balaban J connectivity index is 3.71. The highest BCUT2D eigenvalue weighted by atomic mass is 16.4. The highest BCUT2D eigenvalue weighted by Gasteiger charge is 2.16. The van der Waals surface area contributed by atoms with Crippen molar-refractivity contribution < 1.29 is 19.8 Å². The molecule has 0 aromatic heterocycles. The van der Waals surface area contributed by atoms with E-state index in [-0.39, 0.29) is 11.8 Å². The molecular formula is C10H18O4. The summed E-state index contributed by atoms with van der Waals surface area (Å²) in [6.07, 6.45) is 2.40. The lowest BCUT2D eigenvalue weighted by Crippen LogP contribution is -2.14. The number of aliphatic carboxylic acids is 2. The predicted octanol–water partition coefficient (Wildman–Crippen LogP) is 1.99. The minimum Gasteiger partial charge on any atom is -0.481 e. The van der Waals surface area contributed by atoms with Gasteiger partial charge in [-0.1, -0.05) is 20.3 Å². The first-order valence-electron chi connectivity index (χ1n) is 4.94. The molecule has 0 saturated heterocycles. The van der Waals surface area contributed by atoms with Crippen LogP contribution in [0.4, 0.5) is 0 Å². The molecule has 2 N–H and O–H groups in total. The van der Waals surface area contributed by atoms with Gasteiger partial charge in [0, 0.05) is 0 Å². The van der Waals surface area contributed by atoms with Crippen LogP contribution in [0.15, 0.2) is 0 Å². The van der Waals surface area contributed by atoms with E-state index in [2.05, 4.69) is 0 Å². The average molecular weight is 202 g/mol. The van der Waals surface area contributed by atoms with Crippen LogP contribution in [0.2, 0.25) is 0 Å². The Bertz CT molecular complexity index is 200. The van der Waals surface area contributed by atoms with Crippen molar-refractivity contribution in [1.82, 2.24) is 0 Å². The van der Waals surface area contributed by atoms with Gasteiger partial charge in [0.05, 0.1) is 11.8 Å². The minimum absolute atomic E-state index is 0.323. The average Bonchev–Trinajstić information content (AvgIpc) is 2.11. The zero-order chi connectivity index (χ0) is 11.1. The van der Waals surface area contributed by atoms with E-state index in [9.17, 15) is 9.59 Å². The quantitative estimate of drug-likeness (QED) is 0.662. The Morgan fingerprint density at radius 2 is 1.71 bits per heavy atom. The molecule has 4 heteroatoms. The van der Waals surface area contributed by atoms with Gasteiger partial charge in [-0.25, -0.2) is 0 Å². The topological polar surface area (TPSA) is 74.6 Å². The molecule has 2 unspecified atom stereocenters. The van der Waals surface area contributed by atoms with Crippen molar-refractivity contribution in [1.29, 1.82) is 0 Å². The molecule has 0 amide bonds. The second-order valence-electron chi connectivity index (χ2n) is 3.61. The maximum Gasteiger partial charge on any atom is 0.306 e. The zero-order valence-corrected chi connectivity index (χ0v) is 8.69. The highest BCUT2D eigenvalue weighted by Crippen LogP contribution is 2.15. The van der Waals surface area contributed by atoms with Gasteiger partial charge in [0.2, 0.25) is 0 Å². The number of rotatable bonds is 7. The van der Waals surface area contributed by atoms with E-state index in [4.69, 9.17) is 10.2 Å². The Morgan fingerprint density at radius 1 is 1.14 bits per heavy atom. The van der Waals surface area contributed by atoms with Crippen LogP contribution in [-0.2, 0) is 9.59 Å². The van der Waals surface area contributed by atoms with Crippen LogP contribution in [0.5, 0.6) is 0 Å². The first-order chi connectivity index (χ1) is 6.49. The van der Waals surface area contributed by atoms with Crippen LogP contribution in [0.3, 0.4) is 0 Å².